The minimum Gasteiger partial charge on any atom is -0.484 e. The smallest absolute Gasteiger partial charge is 0.484 e. The van der Waals surface area contributed by atoms with Crippen molar-refractivity contribution in [3.63, 3.8) is 0 Å². The number of rotatable bonds is 6. The quantitative estimate of drug-likeness (QED) is 0.372. The van der Waals surface area contributed by atoms with Gasteiger partial charge in [-0.1, -0.05) is 10.9 Å². The van der Waals surface area contributed by atoms with Crippen LogP contribution < -0.4 is 20.6 Å². The van der Waals surface area contributed by atoms with E-state index < -0.39 is 34.2 Å². The Bertz CT molecular complexity index is 1590. The van der Waals surface area contributed by atoms with Gasteiger partial charge in [-0.05, 0) is 29.5 Å². The summed E-state index contributed by atoms with van der Waals surface area (Å²) in [5.41, 5.74) is -2.80. The van der Waals surface area contributed by atoms with Crippen LogP contribution in [0.15, 0.2) is 52.2 Å². The van der Waals surface area contributed by atoms with Crippen molar-refractivity contribution in [2.45, 2.75) is 12.7 Å². The van der Waals surface area contributed by atoms with Gasteiger partial charge in [0, 0.05) is 24.7 Å². The number of halogens is 3. The number of benzene rings is 1. The highest BCUT2D eigenvalue weighted by molar-refractivity contribution is 5.88. The maximum Gasteiger partial charge on any atom is 0.493 e. The molecule has 3 aromatic heterocycles. The molecule has 4 rings (SSSR count). The van der Waals surface area contributed by atoms with Crippen molar-refractivity contribution in [3.05, 3.63) is 68.9 Å². The van der Waals surface area contributed by atoms with Gasteiger partial charge in [-0.3, -0.25) is 19.4 Å². The first-order valence-electron chi connectivity index (χ1n) is 10.1. The zero-order valence-electron chi connectivity index (χ0n) is 18.3. The molecule has 1 aromatic carbocycles. The maximum absolute atomic E-state index is 13.0. The number of nitrogens with zero attached hydrogens (tertiary/aromatic N) is 5. The van der Waals surface area contributed by atoms with E-state index in [0.717, 1.165) is 0 Å². The standard InChI is InChI=1S/C21H15F3N6O6/c1-29(9-11-4-2-3-7-25-11)15(31)10-35-12-5-6-13-14(8-12)26-19(33)16-17(18(13)32)30(28-27-16)36-20(34)21(22,23)24/h2-8H,9-10H2,1H3,(H,26,33). The molecule has 186 valence electrons. The average Bonchev–Trinajstić information content (AvgIpc) is 3.21. The maximum atomic E-state index is 13.0. The lowest BCUT2D eigenvalue weighted by molar-refractivity contribution is -0.201. The third-order valence-electron chi connectivity index (χ3n) is 4.87. The Balaban J connectivity index is 1.60. The van der Waals surface area contributed by atoms with E-state index in [1.54, 1.807) is 31.4 Å². The molecule has 0 atom stereocenters. The van der Waals surface area contributed by atoms with E-state index in [1.165, 1.54) is 23.1 Å². The predicted octanol–water partition coefficient (Wildman–Crippen LogP) is 0.583. The Hall–Kier alpha value is -4.82. The molecule has 4 aromatic rings. The summed E-state index contributed by atoms with van der Waals surface area (Å²) in [7, 11) is 1.56. The summed E-state index contributed by atoms with van der Waals surface area (Å²) < 4.78 is 43.1. The normalized spacial score (nSPS) is 11.4. The second-order valence-electron chi connectivity index (χ2n) is 7.39. The molecule has 0 aliphatic carbocycles. The van der Waals surface area contributed by atoms with E-state index in [9.17, 15) is 32.3 Å². The molecule has 1 amide bonds. The van der Waals surface area contributed by atoms with E-state index in [1.807, 2.05) is 0 Å². The summed E-state index contributed by atoms with van der Waals surface area (Å²) >= 11 is 0. The second kappa shape index (κ2) is 9.44. The highest BCUT2D eigenvalue weighted by Gasteiger charge is 2.42. The molecule has 3 heterocycles. The minimum atomic E-state index is -5.37. The van der Waals surface area contributed by atoms with E-state index in [-0.39, 0.29) is 40.6 Å². The molecule has 0 aliphatic rings. The van der Waals surface area contributed by atoms with Gasteiger partial charge in [0.25, 0.3) is 11.5 Å². The van der Waals surface area contributed by atoms with Crippen LogP contribution in [-0.2, 0) is 16.1 Å². The van der Waals surface area contributed by atoms with Gasteiger partial charge in [0.15, 0.2) is 17.6 Å². The van der Waals surface area contributed by atoms with Crippen molar-refractivity contribution in [1.82, 2.24) is 30.0 Å². The predicted molar refractivity (Wildman–Crippen MR) is 116 cm³/mol. The van der Waals surface area contributed by atoms with Gasteiger partial charge in [-0.25, -0.2) is 4.79 Å². The van der Waals surface area contributed by atoms with Gasteiger partial charge in [-0.2, -0.15) is 13.2 Å². The lowest BCUT2D eigenvalue weighted by atomic mass is 10.2. The first-order valence-corrected chi connectivity index (χ1v) is 10.1. The van der Waals surface area contributed by atoms with Crippen LogP contribution in [0, 0.1) is 0 Å². The summed E-state index contributed by atoms with van der Waals surface area (Å²) in [6.07, 6.45) is -3.77. The van der Waals surface area contributed by atoms with Crippen molar-refractivity contribution in [3.8, 4) is 5.75 Å². The Labute approximate surface area is 197 Å². The van der Waals surface area contributed by atoms with Crippen LogP contribution in [0.5, 0.6) is 5.75 Å². The number of fused-ring (bicyclic) bond motifs is 2. The van der Waals surface area contributed by atoms with Gasteiger partial charge in [0.05, 0.1) is 17.8 Å². The molecule has 15 heteroatoms. The number of hydrogen-bond donors (Lipinski definition) is 1. The van der Waals surface area contributed by atoms with E-state index in [0.29, 0.717) is 5.69 Å². The van der Waals surface area contributed by atoms with Crippen molar-refractivity contribution in [2.75, 3.05) is 13.7 Å². The Morgan fingerprint density at radius 1 is 1.17 bits per heavy atom. The number of ether oxygens (including phenoxy) is 1. The number of likely N-dealkylation sites (N-methyl/N-ethyl adjacent to an activating group) is 1. The highest BCUT2D eigenvalue weighted by Crippen LogP contribution is 2.18. The molecule has 0 aliphatic heterocycles. The number of aromatic nitrogens is 5. The number of H-pyrrole nitrogens is 1. The summed E-state index contributed by atoms with van der Waals surface area (Å²) in [5.74, 6) is -2.92. The van der Waals surface area contributed by atoms with Gasteiger partial charge in [-0.15, -0.1) is 5.10 Å². The third kappa shape index (κ3) is 4.98. The molecule has 0 unspecified atom stereocenters. The minimum absolute atomic E-state index is 0.0529. The number of carbonyl (C=O) groups is 2. The monoisotopic (exact) mass is 504 g/mol. The topological polar surface area (TPSA) is 149 Å². The number of carbonyl (C=O) groups excluding carboxylic acids is 2. The molecule has 12 nitrogen and oxygen atoms in total. The van der Waals surface area contributed by atoms with Crippen LogP contribution in [0.4, 0.5) is 13.2 Å². The summed E-state index contributed by atoms with van der Waals surface area (Å²) in [6.45, 7) is -0.118. The fraction of sp³-hybridized carbons (Fsp3) is 0.190. The largest absolute Gasteiger partial charge is 0.493 e. The SMILES string of the molecule is CN(Cc1ccccn1)C(=O)COc1ccc2c(=O)c3c(nnn3OC(=O)C(F)(F)F)c(=O)[nH]c2c1. The molecular formula is C21H15F3N6O6. The first-order chi connectivity index (χ1) is 17.0. The van der Waals surface area contributed by atoms with E-state index >= 15 is 0 Å². The fourth-order valence-corrected chi connectivity index (χ4v) is 3.11. The molecule has 0 radical (unpaired) electrons. The zero-order valence-corrected chi connectivity index (χ0v) is 18.3. The molecule has 0 fully saturated rings. The van der Waals surface area contributed by atoms with Crippen LogP contribution in [0.3, 0.4) is 0 Å². The third-order valence-corrected chi connectivity index (χ3v) is 4.87. The number of nitrogens with one attached hydrogen (secondary N) is 1. The van der Waals surface area contributed by atoms with Crippen molar-refractivity contribution >= 4 is 33.8 Å². The zero-order chi connectivity index (χ0) is 26.0. The number of aromatic amines is 1. The highest BCUT2D eigenvalue weighted by atomic mass is 19.4. The van der Waals surface area contributed by atoms with E-state index in [4.69, 9.17) is 4.74 Å². The lowest BCUT2D eigenvalue weighted by Gasteiger charge is -2.17. The fourth-order valence-electron chi connectivity index (χ4n) is 3.11. The number of pyridine rings is 1. The van der Waals surface area contributed by atoms with Gasteiger partial charge < -0.3 is 19.5 Å². The van der Waals surface area contributed by atoms with Crippen LogP contribution in [0.1, 0.15) is 5.69 Å². The van der Waals surface area contributed by atoms with Crippen LogP contribution >= 0.6 is 0 Å². The molecule has 1 N–H and O–H groups in total. The molecule has 0 saturated heterocycles. The Morgan fingerprint density at radius 3 is 2.64 bits per heavy atom. The molecular weight excluding hydrogens is 489 g/mol. The second-order valence-corrected chi connectivity index (χ2v) is 7.39. The summed E-state index contributed by atoms with van der Waals surface area (Å²) in [5, 5.41) is 6.33. The summed E-state index contributed by atoms with van der Waals surface area (Å²) in [4.78, 5) is 60.9. The lowest BCUT2D eigenvalue weighted by Crippen LogP contribution is -2.34. The summed E-state index contributed by atoms with van der Waals surface area (Å²) in [6, 6.07) is 9.07. The number of amides is 1. The molecule has 0 saturated carbocycles. The van der Waals surface area contributed by atoms with Crippen LogP contribution in [-0.4, -0.2) is 61.7 Å². The van der Waals surface area contributed by atoms with Crippen molar-refractivity contribution in [1.29, 1.82) is 0 Å². The van der Waals surface area contributed by atoms with Crippen LogP contribution in [0.2, 0.25) is 0 Å². The van der Waals surface area contributed by atoms with E-state index in [2.05, 4.69) is 25.1 Å². The molecule has 0 spiro atoms. The van der Waals surface area contributed by atoms with Crippen molar-refractivity contribution in [2.24, 2.45) is 0 Å². The first kappa shape index (κ1) is 24.3. The molecule has 0 bridgehead atoms. The Morgan fingerprint density at radius 2 is 1.94 bits per heavy atom. The number of hydrogen-bond acceptors (Lipinski definition) is 9. The average molecular weight is 504 g/mol. The number of alkyl halides is 3. The van der Waals surface area contributed by atoms with Crippen LogP contribution in [0.25, 0.3) is 21.9 Å². The van der Waals surface area contributed by atoms with Gasteiger partial charge >= 0.3 is 12.1 Å². The Kier molecular flexibility index (Phi) is 6.37. The van der Waals surface area contributed by atoms with Gasteiger partial charge in [0.2, 0.25) is 5.43 Å². The van der Waals surface area contributed by atoms with Crippen molar-refractivity contribution < 1.29 is 32.3 Å². The van der Waals surface area contributed by atoms with Gasteiger partial charge in [0.1, 0.15) is 5.75 Å². The molecule has 36 heavy (non-hydrogen) atoms.